The first-order valence-electron chi connectivity index (χ1n) is 4.28. The van der Waals surface area contributed by atoms with Crippen molar-refractivity contribution in [2.75, 3.05) is 0 Å². The van der Waals surface area contributed by atoms with E-state index in [-0.39, 0.29) is 0 Å². The van der Waals surface area contributed by atoms with Gasteiger partial charge in [-0.3, -0.25) is 4.79 Å². The minimum absolute atomic E-state index is 0.377. The lowest BCUT2D eigenvalue weighted by Gasteiger charge is -1.96. The van der Waals surface area contributed by atoms with E-state index in [1.54, 1.807) is 0 Å². The van der Waals surface area contributed by atoms with E-state index in [0.29, 0.717) is 16.4 Å². The van der Waals surface area contributed by atoms with E-state index < -0.39 is 0 Å². The van der Waals surface area contributed by atoms with Gasteiger partial charge in [-0.1, -0.05) is 11.6 Å². The number of furan rings is 1. The van der Waals surface area contributed by atoms with Crippen LogP contribution in [0.2, 0.25) is 5.02 Å². The van der Waals surface area contributed by atoms with Crippen molar-refractivity contribution in [3.05, 3.63) is 34.0 Å². The number of fused-ring (bicyclic) bond motifs is 1. The lowest BCUT2D eigenvalue weighted by Crippen LogP contribution is -1.77. The van der Waals surface area contributed by atoms with Gasteiger partial charge in [0.15, 0.2) is 12.0 Å². The average molecular weight is 209 g/mol. The number of carbonyl (C=O) groups excluding carboxylic acids is 1. The Balaban J connectivity index is 2.86. The molecular formula is C11H9ClO2. The van der Waals surface area contributed by atoms with Gasteiger partial charge in [0.2, 0.25) is 0 Å². The fraction of sp³-hybridized carbons (Fsp3) is 0.182. The molecule has 0 aliphatic carbocycles. The predicted octanol–water partition coefficient (Wildman–Crippen LogP) is 3.52. The van der Waals surface area contributed by atoms with Crippen LogP contribution in [-0.2, 0) is 0 Å². The van der Waals surface area contributed by atoms with E-state index in [9.17, 15) is 4.79 Å². The second-order valence-corrected chi connectivity index (χ2v) is 3.71. The van der Waals surface area contributed by atoms with Crippen molar-refractivity contribution in [2.24, 2.45) is 0 Å². The standard InChI is InChI=1S/C11H9ClO2/c1-6-3-10-8(4-9(6)12)7(2)11(5-13)14-10/h3-5H,1-2H3. The van der Waals surface area contributed by atoms with Crippen LogP contribution in [0.15, 0.2) is 16.5 Å². The van der Waals surface area contributed by atoms with Crippen molar-refractivity contribution in [3.8, 4) is 0 Å². The van der Waals surface area contributed by atoms with Gasteiger partial charge in [0.25, 0.3) is 0 Å². The molecule has 14 heavy (non-hydrogen) atoms. The summed E-state index contributed by atoms with van der Waals surface area (Å²) in [6, 6.07) is 3.68. The monoisotopic (exact) mass is 208 g/mol. The summed E-state index contributed by atoms with van der Waals surface area (Å²) >= 11 is 5.98. The SMILES string of the molecule is Cc1cc2oc(C=O)c(C)c2cc1Cl. The molecule has 0 amide bonds. The fourth-order valence-corrected chi connectivity index (χ4v) is 1.64. The van der Waals surface area contributed by atoms with E-state index in [1.165, 1.54) is 0 Å². The molecule has 0 spiro atoms. The highest BCUT2D eigenvalue weighted by atomic mass is 35.5. The molecule has 0 aliphatic rings. The highest BCUT2D eigenvalue weighted by Crippen LogP contribution is 2.29. The molecule has 0 atom stereocenters. The molecule has 72 valence electrons. The second-order valence-electron chi connectivity index (χ2n) is 3.31. The first kappa shape index (κ1) is 9.28. The number of hydrogen-bond donors (Lipinski definition) is 0. The van der Waals surface area contributed by atoms with E-state index in [2.05, 4.69) is 0 Å². The third-order valence-electron chi connectivity index (χ3n) is 2.36. The van der Waals surface area contributed by atoms with Gasteiger partial charge in [0.1, 0.15) is 5.58 Å². The largest absolute Gasteiger partial charge is 0.453 e. The van der Waals surface area contributed by atoms with Crippen LogP contribution in [0.5, 0.6) is 0 Å². The maximum Gasteiger partial charge on any atom is 0.185 e. The topological polar surface area (TPSA) is 30.2 Å². The Kier molecular flexibility index (Phi) is 2.08. The van der Waals surface area contributed by atoms with Crippen LogP contribution in [0.4, 0.5) is 0 Å². The molecule has 0 saturated carbocycles. The van der Waals surface area contributed by atoms with Crippen molar-refractivity contribution in [3.63, 3.8) is 0 Å². The summed E-state index contributed by atoms with van der Waals surface area (Å²) in [4.78, 5) is 10.6. The third kappa shape index (κ3) is 1.23. The van der Waals surface area contributed by atoms with Crippen molar-refractivity contribution in [1.82, 2.24) is 0 Å². The van der Waals surface area contributed by atoms with Crippen LogP contribution in [0.25, 0.3) is 11.0 Å². The lowest BCUT2D eigenvalue weighted by molar-refractivity contribution is 0.110. The van der Waals surface area contributed by atoms with Crippen LogP contribution >= 0.6 is 11.6 Å². The lowest BCUT2D eigenvalue weighted by atomic mass is 10.1. The third-order valence-corrected chi connectivity index (χ3v) is 2.77. The van der Waals surface area contributed by atoms with Gasteiger partial charge in [0, 0.05) is 16.0 Å². The molecule has 1 aromatic carbocycles. The first-order valence-corrected chi connectivity index (χ1v) is 4.65. The molecule has 0 fully saturated rings. The average Bonchev–Trinajstić information content (AvgIpc) is 2.45. The summed E-state index contributed by atoms with van der Waals surface area (Å²) < 4.78 is 5.36. The highest BCUT2D eigenvalue weighted by molar-refractivity contribution is 6.32. The Morgan fingerprint density at radius 2 is 2.07 bits per heavy atom. The summed E-state index contributed by atoms with van der Waals surface area (Å²) in [5.74, 6) is 0.377. The van der Waals surface area contributed by atoms with Crippen LogP contribution in [0, 0.1) is 13.8 Å². The van der Waals surface area contributed by atoms with E-state index in [1.807, 2.05) is 26.0 Å². The van der Waals surface area contributed by atoms with Crippen molar-refractivity contribution in [1.29, 1.82) is 0 Å². The molecular weight excluding hydrogens is 200 g/mol. The van der Waals surface area contributed by atoms with Gasteiger partial charge in [-0.05, 0) is 31.5 Å². The normalized spacial score (nSPS) is 10.8. The molecule has 3 heteroatoms. The summed E-state index contributed by atoms with van der Waals surface area (Å²) in [5.41, 5.74) is 2.51. The molecule has 2 nitrogen and oxygen atoms in total. The Morgan fingerprint density at radius 1 is 1.36 bits per heavy atom. The zero-order valence-electron chi connectivity index (χ0n) is 7.93. The molecule has 0 saturated heterocycles. The molecule has 0 unspecified atom stereocenters. The van der Waals surface area contributed by atoms with Gasteiger partial charge < -0.3 is 4.42 Å². The Morgan fingerprint density at radius 3 is 2.71 bits per heavy atom. The molecule has 0 aliphatic heterocycles. The maximum absolute atomic E-state index is 10.6. The number of halogens is 1. The Labute approximate surface area is 86.5 Å². The molecule has 1 heterocycles. The van der Waals surface area contributed by atoms with Crippen LogP contribution in [0.3, 0.4) is 0 Å². The smallest absolute Gasteiger partial charge is 0.185 e. The second kappa shape index (κ2) is 3.14. The Bertz CT molecular complexity index is 511. The van der Waals surface area contributed by atoms with Gasteiger partial charge >= 0.3 is 0 Å². The minimum atomic E-state index is 0.377. The summed E-state index contributed by atoms with van der Waals surface area (Å²) in [6.07, 6.45) is 0.721. The van der Waals surface area contributed by atoms with Crippen LogP contribution in [-0.4, -0.2) is 6.29 Å². The number of benzene rings is 1. The van der Waals surface area contributed by atoms with Gasteiger partial charge in [-0.2, -0.15) is 0 Å². The minimum Gasteiger partial charge on any atom is -0.453 e. The highest BCUT2D eigenvalue weighted by Gasteiger charge is 2.10. The summed E-state index contributed by atoms with van der Waals surface area (Å²) in [6.45, 7) is 3.75. The van der Waals surface area contributed by atoms with E-state index >= 15 is 0 Å². The molecule has 2 rings (SSSR count). The molecule has 0 bridgehead atoms. The number of rotatable bonds is 1. The first-order chi connectivity index (χ1) is 6.63. The van der Waals surface area contributed by atoms with Crippen LogP contribution < -0.4 is 0 Å². The summed E-state index contributed by atoms with van der Waals surface area (Å²) in [5, 5.41) is 1.60. The van der Waals surface area contributed by atoms with Crippen molar-refractivity contribution < 1.29 is 9.21 Å². The van der Waals surface area contributed by atoms with Gasteiger partial charge in [-0.15, -0.1) is 0 Å². The quantitative estimate of drug-likeness (QED) is 0.672. The maximum atomic E-state index is 10.6. The van der Waals surface area contributed by atoms with Crippen LogP contribution in [0.1, 0.15) is 21.7 Å². The van der Waals surface area contributed by atoms with Gasteiger partial charge in [-0.25, -0.2) is 0 Å². The van der Waals surface area contributed by atoms with Crippen molar-refractivity contribution in [2.45, 2.75) is 13.8 Å². The zero-order valence-corrected chi connectivity index (χ0v) is 8.68. The fourth-order valence-electron chi connectivity index (χ4n) is 1.47. The summed E-state index contributed by atoms with van der Waals surface area (Å²) in [7, 11) is 0. The van der Waals surface area contributed by atoms with E-state index in [4.69, 9.17) is 16.0 Å². The number of aryl methyl sites for hydroxylation is 2. The Hall–Kier alpha value is -1.28. The predicted molar refractivity (Wildman–Crippen MR) is 56.1 cm³/mol. The molecule has 2 aromatic rings. The van der Waals surface area contributed by atoms with Crippen molar-refractivity contribution >= 4 is 28.9 Å². The number of carbonyl (C=O) groups is 1. The number of aldehydes is 1. The molecule has 0 radical (unpaired) electrons. The molecule has 1 aromatic heterocycles. The van der Waals surface area contributed by atoms with E-state index in [0.717, 1.165) is 22.8 Å². The van der Waals surface area contributed by atoms with Gasteiger partial charge in [0.05, 0.1) is 0 Å². The zero-order chi connectivity index (χ0) is 10.3. The molecule has 0 N–H and O–H groups in total. The number of hydrogen-bond acceptors (Lipinski definition) is 2.